The van der Waals surface area contributed by atoms with Crippen molar-refractivity contribution in [1.29, 1.82) is 0 Å². The Kier molecular flexibility index (Phi) is 8.03. The van der Waals surface area contributed by atoms with Gasteiger partial charge in [-0.2, -0.15) is 0 Å². The maximum atomic E-state index is 12.4. The number of ether oxygens (including phenoxy) is 1. The molecule has 2 aromatic heterocycles. The second kappa shape index (κ2) is 10.5. The van der Waals surface area contributed by atoms with Crippen LogP contribution in [0.4, 0.5) is 0 Å². The number of amides is 2. The molecule has 162 valence electrons. The number of rotatable bonds is 9. The van der Waals surface area contributed by atoms with Gasteiger partial charge in [0.25, 0.3) is 0 Å². The number of hydrogen-bond donors (Lipinski definition) is 2. The van der Waals surface area contributed by atoms with Gasteiger partial charge in [0.1, 0.15) is 11.8 Å². The van der Waals surface area contributed by atoms with Gasteiger partial charge in [0.2, 0.25) is 11.8 Å². The predicted molar refractivity (Wildman–Crippen MR) is 113 cm³/mol. The van der Waals surface area contributed by atoms with Crippen molar-refractivity contribution in [2.75, 3.05) is 6.61 Å². The molecule has 0 radical (unpaired) electrons. The van der Waals surface area contributed by atoms with Crippen LogP contribution in [0.15, 0.2) is 28.9 Å². The van der Waals surface area contributed by atoms with Crippen LogP contribution in [0, 0.1) is 13.8 Å². The van der Waals surface area contributed by atoms with E-state index in [4.69, 9.17) is 9.15 Å². The molecule has 1 unspecified atom stereocenters. The van der Waals surface area contributed by atoms with Crippen molar-refractivity contribution in [2.45, 2.75) is 53.8 Å². The summed E-state index contributed by atoms with van der Waals surface area (Å²) in [6.07, 6.45) is 4.43. The van der Waals surface area contributed by atoms with Crippen LogP contribution < -0.4 is 10.6 Å². The molecule has 8 heteroatoms. The fourth-order valence-electron chi connectivity index (χ4n) is 3.27. The molecule has 2 aromatic rings. The molecule has 0 fully saturated rings. The maximum Gasteiger partial charge on any atom is 0.340 e. The zero-order valence-electron chi connectivity index (χ0n) is 18.1. The van der Waals surface area contributed by atoms with E-state index in [9.17, 15) is 14.4 Å². The molecule has 2 amide bonds. The van der Waals surface area contributed by atoms with E-state index in [2.05, 4.69) is 10.6 Å². The van der Waals surface area contributed by atoms with Crippen LogP contribution in [0.2, 0.25) is 0 Å². The normalized spacial score (nSPS) is 12.0. The average molecular weight is 415 g/mol. The van der Waals surface area contributed by atoms with Crippen molar-refractivity contribution >= 4 is 23.9 Å². The van der Waals surface area contributed by atoms with Crippen LogP contribution in [0.1, 0.15) is 53.8 Å². The number of esters is 1. The molecule has 30 heavy (non-hydrogen) atoms. The zero-order chi connectivity index (χ0) is 22.3. The number of hydrogen-bond acceptors (Lipinski definition) is 5. The summed E-state index contributed by atoms with van der Waals surface area (Å²) in [6.45, 7) is 10.3. The Morgan fingerprint density at radius 1 is 1.23 bits per heavy atom. The van der Waals surface area contributed by atoms with E-state index in [0.717, 1.165) is 11.4 Å². The van der Waals surface area contributed by atoms with E-state index < -0.39 is 17.9 Å². The smallest absolute Gasteiger partial charge is 0.340 e. The quantitative estimate of drug-likeness (QED) is 0.484. The van der Waals surface area contributed by atoms with Crippen LogP contribution in [0.5, 0.6) is 0 Å². The van der Waals surface area contributed by atoms with Crippen LogP contribution in [0.3, 0.4) is 0 Å². The zero-order valence-corrected chi connectivity index (χ0v) is 18.1. The molecular formula is C22H29N3O5. The van der Waals surface area contributed by atoms with Crippen LogP contribution in [0.25, 0.3) is 6.08 Å². The maximum absolute atomic E-state index is 12.4. The van der Waals surface area contributed by atoms with Crippen LogP contribution >= 0.6 is 0 Å². The Labute approximate surface area is 176 Å². The Bertz CT molecular complexity index is 925. The number of nitrogens with zero attached hydrogens (tertiary/aromatic N) is 1. The lowest BCUT2D eigenvalue weighted by Crippen LogP contribution is -2.44. The molecule has 2 heterocycles. The molecule has 8 nitrogen and oxygen atoms in total. The molecule has 0 aromatic carbocycles. The lowest BCUT2D eigenvalue weighted by molar-refractivity contribution is -0.126. The summed E-state index contributed by atoms with van der Waals surface area (Å²) in [6, 6.07) is 2.75. The summed E-state index contributed by atoms with van der Waals surface area (Å²) in [4.78, 5) is 36.9. The van der Waals surface area contributed by atoms with Gasteiger partial charge in [0.15, 0.2) is 0 Å². The highest BCUT2D eigenvalue weighted by atomic mass is 16.5. The van der Waals surface area contributed by atoms with E-state index >= 15 is 0 Å². The monoisotopic (exact) mass is 415 g/mol. The predicted octanol–water partition coefficient (Wildman–Crippen LogP) is 2.73. The average Bonchev–Trinajstić information content (AvgIpc) is 3.30. The van der Waals surface area contributed by atoms with Gasteiger partial charge < -0.3 is 24.4 Å². The highest BCUT2D eigenvalue weighted by molar-refractivity contribution is 5.99. The minimum absolute atomic E-state index is 0.244. The largest absolute Gasteiger partial charge is 0.467 e. The van der Waals surface area contributed by atoms with E-state index in [1.807, 2.05) is 25.3 Å². The summed E-state index contributed by atoms with van der Waals surface area (Å²) >= 11 is 0. The number of nitrogens with one attached hydrogen (secondary N) is 2. The third-order valence-corrected chi connectivity index (χ3v) is 4.80. The van der Waals surface area contributed by atoms with Gasteiger partial charge in [-0.05, 0) is 52.8 Å². The van der Waals surface area contributed by atoms with E-state index in [1.54, 1.807) is 32.1 Å². The summed E-state index contributed by atoms with van der Waals surface area (Å²) in [5, 5.41) is 5.31. The van der Waals surface area contributed by atoms with Gasteiger partial charge in [-0.3, -0.25) is 9.59 Å². The van der Waals surface area contributed by atoms with Crippen molar-refractivity contribution in [1.82, 2.24) is 15.2 Å². The lowest BCUT2D eigenvalue weighted by Gasteiger charge is -2.12. The molecule has 0 aliphatic carbocycles. The molecule has 2 N–H and O–H groups in total. The second-order valence-electron chi connectivity index (χ2n) is 6.79. The summed E-state index contributed by atoms with van der Waals surface area (Å²) in [7, 11) is 0. The number of aromatic nitrogens is 1. The van der Waals surface area contributed by atoms with Gasteiger partial charge in [0, 0.05) is 29.6 Å². The fraction of sp³-hybridized carbons (Fsp3) is 0.409. The second-order valence-corrected chi connectivity index (χ2v) is 6.79. The molecule has 0 spiro atoms. The lowest BCUT2D eigenvalue weighted by atomic mass is 10.1. The number of furan rings is 1. The third kappa shape index (κ3) is 5.40. The SMILES string of the molecule is CCOC(=O)c1c(/C=C/C(=O)NC(C)C(=O)NCc2ccco2)c(C)n(CC)c1C. The first kappa shape index (κ1) is 23.0. The van der Waals surface area contributed by atoms with Gasteiger partial charge in [-0.1, -0.05) is 0 Å². The number of carbonyl (C=O) groups is 3. The molecule has 0 aliphatic rings. The molecule has 1 atom stereocenters. The Hall–Kier alpha value is -3.29. The van der Waals surface area contributed by atoms with Crippen LogP contribution in [-0.2, 0) is 27.4 Å². The van der Waals surface area contributed by atoms with E-state index in [1.165, 1.54) is 12.3 Å². The molecule has 0 aliphatic heterocycles. The Morgan fingerprint density at radius 3 is 2.57 bits per heavy atom. The van der Waals surface area contributed by atoms with Gasteiger partial charge in [-0.15, -0.1) is 0 Å². The molecule has 0 saturated heterocycles. The molecule has 2 rings (SSSR count). The summed E-state index contributed by atoms with van der Waals surface area (Å²) < 4.78 is 12.3. The minimum atomic E-state index is -0.732. The van der Waals surface area contributed by atoms with Crippen molar-refractivity contribution in [2.24, 2.45) is 0 Å². The summed E-state index contributed by atoms with van der Waals surface area (Å²) in [5.74, 6) is -0.563. The van der Waals surface area contributed by atoms with Gasteiger partial charge in [-0.25, -0.2) is 4.79 Å². The van der Waals surface area contributed by atoms with Crippen molar-refractivity contribution in [3.05, 3.63) is 52.7 Å². The van der Waals surface area contributed by atoms with Crippen molar-refractivity contribution < 1.29 is 23.5 Å². The standard InChI is InChI=1S/C22H29N3O5/c1-6-25-15(4)18(20(16(25)5)22(28)29-7-2)10-11-19(26)24-14(3)21(27)23-13-17-9-8-12-30-17/h8-12,14H,6-7,13H2,1-5H3,(H,23,27)(H,24,26)/b11-10+. The highest BCUT2D eigenvalue weighted by Crippen LogP contribution is 2.24. The first-order valence-corrected chi connectivity index (χ1v) is 9.95. The highest BCUT2D eigenvalue weighted by Gasteiger charge is 2.22. The van der Waals surface area contributed by atoms with Crippen LogP contribution in [-0.4, -0.2) is 35.0 Å². The Morgan fingerprint density at radius 2 is 1.97 bits per heavy atom. The van der Waals surface area contributed by atoms with E-state index in [-0.39, 0.29) is 19.1 Å². The topological polar surface area (TPSA) is 103 Å². The molecular weight excluding hydrogens is 386 g/mol. The third-order valence-electron chi connectivity index (χ3n) is 4.80. The molecule has 0 saturated carbocycles. The van der Waals surface area contributed by atoms with Gasteiger partial charge in [0.05, 0.1) is 25.0 Å². The fourth-order valence-corrected chi connectivity index (χ4v) is 3.27. The van der Waals surface area contributed by atoms with Gasteiger partial charge >= 0.3 is 5.97 Å². The first-order chi connectivity index (χ1) is 14.3. The first-order valence-electron chi connectivity index (χ1n) is 9.95. The number of carbonyl (C=O) groups excluding carboxylic acids is 3. The molecule has 0 bridgehead atoms. The summed E-state index contributed by atoms with van der Waals surface area (Å²) in [5.41, 5.74) is 2.74. The van der Waals surface area contributed by atoms with Crippen molar-refractivity contribution in [3.63, 3.8) is 0 Å². The van der Waals surface area contributed by atoms with Crippen molar-refractivity contribution in [3.8, 4) is 0 Å². The minimum Gasteiger partial charge on any atom is -0.467 e. The Balaban J connectivity index is 2.08. The van der Waals surface area contributed by atoms with E-state index in [0.29, 0.717) is 23.4 Å².